The second kappa shape index (κ2) is 8.50. The van der Waals surface area contributed by atoms with Crippen LogP contribution in [0.1, 0.15) is 58.8 Å². The SMILES string of the molecule is CC12CCC(=O)C=C1CCC1C2C(O)CC2(C)C1CC[C@]2(O)C(=O)CSc1nccc2ccccc12. The lowest BCUT2D eigenvalue weighted by molar-refractivity contribution is -0.178. The van der Waals surface area contributed by atoms with E-state index in [1.807, 2.05) is 43.3 Å². The molecule has 6 heteroatoms. The number of aliphatic hydroxyl groups is 2. The van der Waals surface area contributed by atoms with E-state index in [4.69, 9.17) is 0 Å². The number of aromatic nitrogens is 1. The van der Waals surface area contributed by atoms with Crippen LogP contribution in [0.4, 0.5) is 0 Å². The molecule has 0 aliphatic heterocycles. The second-order valence-electron chi connectivity index (χ2n) is 12.0. The summed E-state index contributed by atoms with van der Waals surface area (Å²) in [5, 5.41) is 26.5. The molecule has 1 heterocycles. The summed E-state index contributed by atoms with van der Waals surface area (Å²) < 4.78 is 0. The molecule has 36 heavy (non-hydrogen) atoms. The fourth-order valence-electron chi connectivity index (χ4n) is 8.61. The van der Waals surface area contributed by atoms with Crippen LogP contribution < -0.4 is 0 Å². The third-order valence-electron chi connectivity index (χ3n) is 10.5. The van der Waals surface area contributed by atoms with Crippen LogP contribution in [0.5, 0.6) is 0 Å². The molecular weight excluding hydrogens is 470 g/mol. The van der Waals surface area contributed by atoms with E-state index in [9.17, 15) is 19.8 Å². The molecule has 4 aliphatic carbocycles. The predicted octanol–water partition coefficient (Wildman–Crippen LogP) is 5.13. The summed E-state index contributed by atoms with van der Waals surface area (Å²) in [4.78, 5) is 30.3. The van der Waals surface area contributed by atoms with Crippen LogP contribution in [0.25, 0.3) is 10.8 Å². The lowest BCUT2D eigenvalue weighted by atomic mass is 9.45. The van der Waals surface area contributed by atoms with Crippen molar-refractivity contribution in [2.45, 2.75) is 75.5 Å². The summed E-state index contributed by atoms with van der Waals surface area (Å²) in [5.74, 6) is 0.741. The first kappa shape index (κ1) is 24.3. The van der Waals surface area contributed by atoms with E-state index in [0.29, 0.717) is 19.3 Å². The normalized spacial score (nSPS) is 39.8. The van der Waals surface area contributed by atoms with Crippen molar-refractivity contribution < 1.29 is 19.8 Å². The molecule has 6 unspecified atom stereocenters. The van der Waals surface area contributed by atoms with Crippen molar-refractivity contribution in [3.63, 3.8) is 0 Å². The van der Waals surface area contributed by atoms with Gasteiger partial charge in [-0.25, -0.2) is 4.98 Å². The van der Waals surface area contributed by atoms with Crippen LogP contribution in [0.3, 0.4) is 0 Å². The summed E-state index contributed by atoms with van der Waals surface area (Å²) in [7, 11) is 0. The molecule has 0 spiro atoms. The summed E-state index contributed by atoms with van der Waals surface area (Å²) in [5.41, 5.74) is -1.07. The Hall–Kier alpha value is -2.02. The maximum absolute atomic E-state index is 13.7. The summed E-state index contributed by atoms with van der Waals surface area (Å²) in [6, 6.07) is 9.97. The fourth-order valence-corrected chi connectivity index (χ4v) is 9.59. The van der Waals surface area contributed by atoms with E-state index >= 15 is 0 Å². The van der Waals surface area contributed by atoms with E-state index in [2.05, 4.69) is 11.9 Å². The van der Waals surface area contributed by atoms with E-state index in [1.54, 1.807) is 6.20 Å². The monoisotopic (exact) mass is 505 g/mol. The minimum Gasteiger partial charge on any atom is -0.393 e. The molecule has 2 N–H and O–H groups in total. The summed E-state index contributed by atoms with van der Waals surface area (Å²) in [6.07, 6.45) is 7.80. The average Bonchev–Trinajstić information content (AvgIpc) is 3.13. The molecule has 0 bridgehead atoms. The number of aliphatic hydroxyl groups excluding tert-OH is 1. The highest BCUT2D eigenvalue weighted by atomic mass is 32.2. The zero-order chi connectivity index (χ0) is 25.3. The van der Waals surface area contributed by atoms with Crippen molar-refractivity contribution in [3.8, 4) is 0 Å². The largest absolute Gasteiger partial charge is 0.393 e. The minimum atomic E-state index is -1.44. The van der Waals surface area contributed by atoms with Crippen molar-refractivity contribution in [2.24, 2.45) is 28.6 Å². The molecule has 7 atom stereocenters. The zero-order valence-electron chi connectivity index (χ0n) is 21.1. The van der Waals surface area contributed by atoms with Gasteiger partial charge in [-0.1, -0.05) is 55.4 Å². The Bertz CT molecular complexity index is 1270. The maximum Gasteiger partial charge on any atom is 0.175 e. The molecule has 3 fully saturated rings. The van der Waals surface area contributed by atoms with Crippen LogP contribution in [0.2, 0.25) is 0 Å². The van der Waals surface area contributed by atoms with Gasteiger partial charge in [0.1, 0.15) is 10.6 Å². The number of rotatable bonds is 4. The standard InChI is InChI=1S/C30H35NO4S/c1-28-12-9-20(32)15-19(28)7-8-22-23-10-13-30(35,29(23,2)16-24(33)26(22)28)25(34)17-36-27-21-6-4-3-5-18(21)11-14-31-27/h3-6,11,14-15,22-24,26,33,35H,7-10,12-13,16-17H2,1-2H3/t22?,23?,24?,26?,28?,29?,30-/m0/s1. The number of benzene rings is 1. The third kappa shape index (κ3) is 3.40. The second-order valence-corrected chi connectivity index (χ2v) is 13.0. The van der Waals surface area contributed by atoms with E-state index in [1.165, 1.54) is 17.3 Å². The van der Waals surface area contributed by atoms with E-state index < -0.39 is 17.1 Å². The molecular formula is C30H35NO4S. The number of carbonyl (C=O) groups is 2. The Morgan fingerprint density at radius 2 is 1.94 bits per heavy atom. The highest BCUT2D eigenvalue weighted by Crippen LogP contribution is 2.67. The fraction of sp³-hybridized carbons (Fsp3) is 0.567. The van der Waals surface area contributed by atoms with Gasteiger partial charge in [0, 0.05) is 23.4 Å². The molecule has 0 radical (unpaired) electrons. The first-order valence-electron chi connectivity index (χ1n) is 13.3. The van der Waals surface area contributed by atoms with Crippen molar-refractivity contribution >= 4 is 34.1 Å². The van der Waals surface area contributed by atoms with Gasteiger partial charge in [-0.05, 0) is 79.2 Å². The van der Waals surface area contributed by atoms with Crippen molar-refractivity contribution in [2.75, 3.05) is 5.75 Å². The van der Waals surface area contributed by atoms with Gasteiger partial charge in [0.25, 0.3) is 0 Å². The van der Waals surface area contributed by atoms with Gasteiger partial charge in [-0.2, -0.15) is 0 Å². The number of hydrogen-bond donors (Lipinski definition) is 2. The summed E-state index contributed by atoms with van der Waals surface area (Å²) >= 11 is 1.40. The Balaban J connectivity index is 1.26. The molecule has 2 aromatic rings. The highest BCUT2D eigenvalue weighted by molar-refractivity contribution is 8.00. The number of nitrogens with zero attached hydrogens (tertiary/aromatic N) is 1. The first-order valence-corrected chi connectivity index (χ1v) is 14.3. The van der Waals surface area contributed by atoms with Gasteiger partial charge in [0.15, 0.2) is 11.6 Å². The van der Waals surface area contributed by atoms with Crippen LogP contribution in [-0.4, -0.2) is 44.2 Å². The predicted molar refractivity (Wildman–Crippen MR) is 141 cm³/mol. The van der Waals surface area contributed by atoms with Gasteiger partial charge in [-0.15, -0.1) is 0 Å². The lowest BCUT2D eigenvalue weighted by Gasteiger charge is -2.60. The number of fused-ring (bicyclic) bond motifs is 6. The van der Waals surface area contributed by atoms with Crippen LogP contribution >= 0.6 is 11.8 Å². The van der Waals surface area contributed by atoms with Crippen molar-refractivity contribution in [1.82, 2.24) is 4.98 Å². The molecule has 0 saturated heterocycles. The smallest absolute Gasteiger partial charge is 0.175 e. The maximum atomic E-state index is 13.7. The van der Waals surface area contributed by atoms with E-state index in [-0.39, 0.29) is 40.5 Å². The molecule has 0 amide bonds. The van der Waals surface area contributed by atoms with Crippen molar-refractivity contribution in [3.05, 3.63) is 48.2 Å². The molecule has 190 valence electrons. The number of ketones is 2. The van der Waals surface area contributed by atoms with Crippen LogP contribution in [0.15, 0.2) is 53.2 Å². The topological polar surface area (TPSA) is 87.5 Å². The zero-order valence-corrected chi connectivity index (χ0v) is 21.9. The Kier molecular flexibility index (Phi) is 5.75. The molecule has 1 aromatic heterocycles. The van der Waals surface area contributed by atoms with Gasteiger partial charge < -0.3 is 10.2 Å². The van der Waals surface area contributed by atoms with Crippen LogP contribution in [-0.2, 0) is 9.59 Å². The Labute approximate surface area is 216 Å². The number of Topliss-reactive ketones (excluding diaryl/α,β-unsaturated/α-hetero) is 1. The first-order chi connectivity index (χ1) is 17.2. The van der Waals surface area contributed by atoms with Crippen molar-refractivity contribution in [1.29, 1.82) is 0 Å². The Morgan fingerprint density at radius 1 is 1.14 bits per heavy atom. The van der Waals surface area contributed by atoms with Crippen LogP contribution in [0, 0.1) is 28.6 Å². The molecule has 1 aromatic carbocycles. The Morgan fingerprint density at radius 3 is 2.78 bits per heavy atom. The lowest BCUT2D eigenvalue weighted by Crippen LogP contribution is -2.61. The minimum absolute atomic E-state index is 0.0791. The van der Waals surface area contributed by atoms with Gasteiger partial charge in [0.2, 0.25) is 0 Å². The quantitative estimate of drug-likeness (QED) is 0.560. The number of thioether (sulfide) groups is 1. The highest BCUT2D eigenvalue weighted by Gasteiger charge is 2.68. The number of hydrogen-bond acceptors (Lipinski definition) is 6. The summed E-state index contributed by atoms with van der Waals surface area (Å²) in [6.45, 7) is 4.27. The number of pyridine rings is 1. The number of carbonyl (C=O) groups excluding carboxylic acids is 2. The molecule has 5 nitrogen and oxygen atoms in total. The van der Waals surface area contributed by atoms with Gasteiger partial charge >= 0.3 is 0 Å². The average molecular weight is 506 g/mol. The van der Waals surface area contributed by atoms with Gasteiger partial charge in [-0.3, -0.25) is 9.59 Å². The molecule has 6 rings (SSSR count). The molecule has 3 saturated carbocycles. The molecule has 4 aliphatic rings. The third-order valence-corrected chi connectivity index (χ3v) is 11.5. The van der Waals surface area contributed by atoms with Gasteiger partial charge in [0.05, 0.1) is 11.9 Å². The number of allylic oxidation sites excluding steroid dienone is 1. The van der Waals surface area contributed by atoms with E-state index in [0.717, 1.165) is 41.5 Å².